The Morgan fingerprint density at radius 2 is 1.60 bits per heavy atom. The summed E-state index contributed by atoms with van der Waals surface area (Å²) in [5.74, 6) is -1.71. The van der Waals surface area contributed by atoms with Crippen LogP contribution in [0.25, 0.3) is 0 Å². The SMILES string of the molecule is COC(=O)c1ccc(NC(=O)COC(=O)CCC(=O)c2ccc3c(c2)CCC3)cc1. The van der Waals surface area contributed by atoms with E-state index >= 15 is 0 Å². The maximum Gasteiger partial charge on any atom is 0.337 e. The van der Waals surface area contributed by atoms with Gasteiger partial charge in [0.1, 0.15) is 0 Å². The average molecular weight is 409 g/mol. The van der Waals surface area contributed by atoms with Gasteiger partial charge in [-0.05, 0) is 60.7 Å². The molecule has 0 heterocycles. The molecule has 7 nitrogen and oxygen atoms in total. The number of hydrogen-bond acceptors (Lipinski definition) is 6. The van der Waals surface area contributed by atoms with Crippen molar-refractivity contribution in [2.75, 3.05) is 19.0 Å². The van der Waals surface area contributed by atoms with Crippen LogP contribution in [-0.4, -0.2) is 37.3 Å². The van der Waals surface area contributed by atoms with Gasteiger partial charge in [0, 0.05) is 17.7 Å². The molecule has 0 saturated heterocycles. The summed E-state index contributed by atoms with van der Waals surface area (Å²) >= 11 is 0. The lowest BCUT2D eigenvalue weighted by Crippen LogP contribution is -2.21. The van der Waals surface area contributed by atoms with Crippen molar-refractivity contribution < 1.29 is 28.7 Å². The fraction of sp³-hybridized carbons (Fsp3) is 0.304. The molecule has 2 aromatic carbocycles. The van der Waals surface area contributed by atoms with Gasteiger partial charge < -0.3 is 14.8 Å². The zero-order valence-electron chi connectivity index (χ0n) is 16.7. The number of carbonyl (C=O) groups excluding carboxylic acids is 4. The van der Waals surface area contributed by atoms with Crippen molar-refractivity contribution in [3.8, 4) is 0 Å². The van der Waals surface area contributed by atoms with Crippen LogP contribution in [-0.2, 0) is 31.9 Å². The van der Waals surface area contributed by atoms with Crippen LogP contribution in [0.5, 0.6) is 0 Å². The standard InChI is InChI=1S/C23H23NO6/c1-29-23(28)16-7-9-19(10-8-16)24-21(26)14-30-22(27)12-11-20(25)18-6-5-15-3-2-4-17(15)13-18/h5-10,13H,2-4,11-12,14H2,1H3,(H,24,26). The zero-order chi connectivity index (χ0) is 21.5. The normalized spacial score (nSPS) is 12.0. The van der Waals surface area contributed by atoms with Crippen LogP contribution in [0.15, 0.2) is 42.5 Å². The third kappa shape index (κ3) is 5.53. The monoisotopic (exact) mass is 409 g/mol. The van der Waals surface area contributed by atoms with Gasteiger partial charge >= 0.3 is 11.9 Å². The van der Waals surface area contributed by atoms with Gasteiger partial charge in [0.15, 0.2) is 12.4 Å². The average Bonchev–Trinajstić information content (AvgIpc) is 3.24. The van der Waals surface area contributed by atoms with E-state index in [1.165, 1.54) is 30.4 Å². The zero-order valence-corrected chi connectivity index (χ0v) is 16.7. The number of esters is 2. The molecule has 0 radical (unpaired) electrons. The van der Waals surface area contributed by atoms with E-state index in [0.717, 1.165) is 19.3 Å². The van der Waals surface area contributed by atoms with E-state index in [2.05, 4.69) is 10.1 Å². The highest BCUT2D eigenvalue weighted by Gasteiger charge is 2.16. The molecule has 0 aliphatic heterocycles. The molecule has 0 saturated carbocycles. The van der Waals surface area contributed by atoms with Gasteiger partial charge in [-0.1, -0.05) is 12.1 Å². The minimum atomic E-state index is -0.610. The Kier molecular flexibility index (Phi) is 6.95. The lowest BCUT2D eigenvalue weighted by Gasteiger charge is -2.08. The molecular weight excluding hydrogens is 386 g/mol. The van der Waals surface area contributed by atoms with Crippen LogP contribution in [0.3, 0.4) is 0 Å². The Hall–Kier alpha value is -3.48. The number of nitrogens with one attached hydrogen (secondary N) is 1. The smallest absolute Gasteiger partial charge is 0.337 e. The number of ketones is 1. The van der Waals surface area contributed by atoms with Crippen LogP contribution in [0, 0.1) is 0 Å². The van der Waals surface area contributed by atoms with E-state index in [9.17, 15) is 19.2 Å². The molecule has 30 heavy (non-hydrogen) atoms. The fourth-order valence-electron chi connectivity index (χ4n) is 3.33. The van der Waals surface area contributed by atoms with E-state index in [1.54, 1.807) is 18.2 Å². The van der Waals surface area contributed by atoms with Crippen molar-refractivity contribution in [2.45, 2.75) is 32.1 Å². The highest BCUT2D eigenvalue weighted by molar-refractivity contribution is 5.98. The summed E-state index contributed by atoms with van der Waals surface area (Å²) in [5.41, 5.74) is 3.92. The lowest BCUT2D eigenvalue weighted by molar-refractivity contribution is -0.147. The third-order valence-electron chi connectivity index (χ3n) is 4.93. The number of carbonyl (C=O) groups is 4. The summed E-state index contributed by atoms with van der Waals surface area (Å²) in [6, 6.07) is 11.8. The largest absolute Gasteiger partial charge is 0.465 e. The quantitative estimate of drug-likeness (QED) is 0.531. The maximum absolute atomic E-state index is 12.3. The Labute approximate surface area is 174 Å². The molecule has 0 unspecified atom stereocenters. The summed E-state index contributed by atoms with van der Waals surface area (Å²) in [7, 11) is 1.28. The molecule has 1 amide bonds. The number of ether oxygens (including phenoxy) is 2. The Bertz CT molecular complexity index is 964. The van der Waals surface area contributed by atoms with Crippen molar-refractivity contribution in [1.82, 2.24) is 0 Å². The van der Waals surface area contributed by atoms with Gasteiger partial charge in [-0.15, -0.1) is 0 Å². The van der Waals surface area contributed by atoms with Crippen molar-refractivity contribution >= 4 is 29.3 Å². The number of rotatable bonds is 8. The van der Waals surface area contributed by atoms with Gasteiger partial charge in [0.2, 0.25) is 0 Å². The highest BCUT2D eigenvalue weighted by Crippen LogP contribution is 2.23. The van der Waals surface area contributed by atoms with Gasteiger partial charge in [-0.2, -0.15) is 0 Å². The van der Waals surface area contributed by atoms with E-state index in [4.69, 9.17) is 4.74 Å². The first-order valence-electron chi connectivity index (χ1n) is 9.75. The molecule has 7 heteroatoms. The van der Waals surface area contributed by atoms with Gasteiger partial charge in [0.05, 0.1) is 19.1 Å². The van der Waals surface area contributed by atoms with Crippen molar-refractivity contribution in [2.24, 2.45) is 0 Å². The van der Waals surface area contributed by atoms with Crippen molar-refractivity contribution in [3.63, 3.8) is 0 Å². The van der Waals surface area contributed by atoms with E-state index in [-0.39, 0.29) is 18.6 Å². The minimum Gasteiger partial charge on any atom is -0.465 e. The summed E-state index contributed by atoms with van der Waals surface area (Å²) in [5, 5.41) is 2.56. The molecule has 0 atom stereocenters. The minimum absolute atomic E-state index is 0.0359. The molecule has 156 valence electrons. The summed E-state index contributed by atoms with van der Waals surface area (Å²) in [4.78, 5) is 47.5. The summed E-state index contributed by atoms with van der Waals surface area (Å²) in [6.45, 7) is -0.454. The molecule has 0 bridgehead atoms. The number of methoxy groups -OCH3 is 1. The predicted molar refractivity (Wildman–Crippen MR) is 109 cm³/mol. The highest BCUT2D eigenvalue weighted by atomic mass is 16.5. The molecule has 0 spiro atoms. The molecule has 3 rings (SSSR count). The van der Waals surface area contributed by atoms with Crippen LogP contribution in [0.1, 0.15) is 51.1 Å². The van der Waals surface area contributed by atoms with Crippen molar-refractivity contribution in [1.29, 1.82) is 0 Å². The second-order valence-electron chi connectivity index (χ2n) is 7.04. The first-order valence-corrected chi connectivity index (χ1v) is 9.75. The molecule has 0 aromatic heterocycles. The van der Waals surface area contributed by atoms with Crippen molar-refractivity contribution in [3.05, 3.63) is 64.7 Å². The number of hydrogen-bond donors (Lipinski definition) is 1. The maximum atomic E-state index is 12.3. The van der Waals surface area contributed by atoms with E-state index in [0.29, 0.717) is 16.8 Å². The van der Waals surface area contributed by atoms with Gasteiger partial charge in [-0.25, -0.2) is 4.79 Å². The second-order valence-corrected chi connectivity index (χ2v) is 7.04. The molecule has 2 aromatic rings. The Balaban J connectivity index is 1.40. The number of benzene rings is 2. The first-order chi connectivity index (χ1) is 14.5. The van der Waals surface area contributed by atoms with Crippen LogP contribution in [0.4, 0.5) is 5.69 Å². The van der Waals surface area contributed by atoms with E-state index in [1.807, 2.05) is 12.1 Å². The van der Waals surface area contributed by atoms with Crippen LogP contribution in [0.2, 0.25) is 0 Å². The van der Waals surface area contributed by atoms with Gasteiger partial charge in [0.25, 0.3) is 5.91 Å². The number of amides is 1. The third-order valence-corrected chi connectivity index (χ3v) is 4.93. The Morgan fingerprint density at radius 1 is 0.900 bits per heavy atom. The topological polar surface area (TPSA) is 98.8 Å². The number of anilines is 1. The van der Waals surface area contributed by atoms with Crippen LogP contribution < -0.4 is 5.32 Å². The molecule has 1 aliphatic carbocycles. The molecule has 1 aliphatic rings. The first kappa shape index (κ1) is 21.2. The van der Waals surface area contributed by atoms with Crippen LogP contribution >= 0.6 is 0 Å². The van der Waals surface area contributed by atoms with E-state index < -0.39 is 24.5 Å². The molecule has 0 fully saturated rings. The molecule has 1 N–H and O–H groups in total. The predicted octanol–water partition coefficient (Wildman–Crippen LogP) is 3.11. The fourth-order valence-corrected chi connectivity index (χ4v) is 3.33. The summed E-state index contributed by atoms with van der Waals surface area (Å²) in [6.07, 6.45) is 3.09. The second kappa shape index (κ2) is 9.82. The molecular formula is C23H23NO6. The van der Waals surface area contributed by atoms with Gasteiger partial charge in [-0.3, -0.25) is 14.4 Å². The number of fused-ring (bicyclic) bond motifs is 1. The number of aryl methyl sites for hydroxylation is 2. The summed E-state index contributed by atoms with van der Waals surface area (Å²) < 4.78 is 9.54. The lowest BCUT2D eigenvalue weighted by atomic mass is 10.0. The number of Topliss-reactive ketones (excluding diaryl/α,β-unsaturated/α-hetero) is 1. The Morgan fingerprint density at radius 3 is 2.33 bits per heavy atom.